The summed E-state index contributed by atoms with van der Waals surface area (Å²) in [6.07, 6.45) is 0. The predicted molar refractivity (Wildman–Crippen MR) is 247 cm³/mol. The van der Waals surface area contributed by atoms with Gasteiger partial charge in [-0.15, -0.1) is 0 Å². The third kappa shape index (κ3) is 5.96. The van der Waals surface area contributed by atoms with Gasteiger partial charge in [0.05, 0.1) is 11.4 Å². The lowest BCUT2D eigenvalue weighted by Gasteiger charge is -2.21. The first kappa shape index (κ1) is 34.8. The molecule has 0 amide bonds. The molecule has 0 saturated heterocycles. The van der Waals surface area contributed by atoms with Crippen LogP contribution < -0.4 is 0 Å². The molecule has 0 N–H and O–H groups in total. The highest BCUT2D eigenvalue weighted by Crippen LogP contribution is 2.52. The van der Waals surface area contributed by atoms with Gasteiger partial charge in [-0.05, 0) is 89.3 Å². The predicted octanol–water partition coefficient (Wildman–Crippen LogP) is 15.1. The number of hydrogen-bond donors (Lipinski definition) is 0. The molecule has 0 fully saturated rings. The first-order chi connectivity index (χ1) is 29.0. The van der Waals surface area contributed by atoms with Crippen LogP contribution in [0.15, 0.2) is 206 Å². The van der Waals surface area contributed by atoms with Crippen LogP contribution in [0.25, 0.3) is 100.0 Å². The van der Waals surface area contributed by atoms with Crippen molar-refractivity contribution < 1.29 is 0 Å². The molecule has 59 heavy (non-hydrogen) atoms. The lowest BCUT2D eigenvalue weighted by atomic mass is 9.82. The minimum Gasteiger partial charge on any atom is -0.228 e. The van der Waals surface area contributed by atoms with Crippen LogP contribution in [-0.4, -0.2) is 9.97 Å². The molecule has 0 radical (unpaired) electrons. The summed E-state index contributed by atoms with van der Waals surface area (Å²) in [5.41, 5.74) is 17.6. The van der Waals surface area contributed by atoms with Gasteiger partial charge in [0.25, 0.3) is 0 Å². The fourth-order valence-electron chi connectivity index (χ4n) is 9.23. The van der Waals surface area contributed by atoms with E-state index in [-0.39, 0.29) is 5.41 Å². The van der Waals surface area contributed by atoms with Crippen LogP contribution in [0.1, 0.15) is 25.0 Å². The Labute approximate surface area is 345 Å². The van der Waals surface area contributed by atoms with E-state index >= 15 is 0 Å². The van der Waals surface area contributed by atoms with Gasteiger partial charge in [0.1, 0.15) is 0 Å². The number of benzene rings is 9. The average Bonchev–Trinajstić information content (AvgIpc) is 3.54. The Bertz CT molecular complexity index is 3200. The SMILES string of the molecule is CC1(C)c2ccc(-c3ccc(-c4ccc(-c5cc(-c6ccc(-c7ccccc7)cc6)nc(-c6ccccc6)n5)c5ccccc45)cc3)cc2-c2c1ccc1ccccc21. The van der Waals surface area contributed by atoms with Crippen molar-refractivity contribution >= 4 is 21.5 Å². The maximum atomic E-state index is 5.22. The molecule has 1 heterocycles. The molecule has 2 heteroatoms. The topological polar surface area (TPSA) is 25.8 Å². The summed E-state index contributed by atoms with van der Waals surface area (Å²) in [4.78, 5) is 10.3. The van der Waals surface area contributed by atoms with Crippen molar-refractivity contribution in [3.63, 3.8) is 0 Å². The quantitative estimate of drug-likeness (QED) is 0.169. The monoisotopic (exact) mass is 752 g/mol. The van der Waals surface area contributed by atoms with Gasteiger partial charge < -0.3 is 0 Å². The van der Waals surface area contributed by atoms with E-state index in [1.54, 1.807) is 0 Å². The van der Waals surface area contributed by atoms with Gasteiger partial charge in [-0.2, -0.15) is 0 Å². The molecule has 278 valence electrons. The van der Waals surface area contributed by atoms with E-state index in [1.807, 2.05) is 24.3 Å². The van der Waals surface area contributed by atoms with Gasteiger partial charge in [0, 0.05) is 22.1 Å². The molecule has 9 aromatic carbocycles. The molecular weight excluding hydrogens is 713 g/mol. The zero-order valence-corrected chi connectivity index (χ0v) is 33.0. The fraction of sp³-hybridized carbons (Fsp3) is 0.0526. The molecule has 0 spiro atoms. The minimum atomic E-state index is -0.0467. The number of aromatic nitrogens is 2. The van der Waals surface area contributed by atoms with E-state index in [4.69, 9.17) is 9.97 Å². The van der Waals surface area contributed by atoms with Crippen LogP contribution in [0, 0.1) is 0 Å². The van der Waals surface area contributed by atoms with E-state index in [1.165, 1.54) is 71.8 Å². The number of hydrogen-bond acceptors (Lipinski definition) is 2. The Morgan fingerprint density at radius 3 is 1.56 bits per heavy atom. The second-order valence-electron chi connectivity index (χ2n) is 16.1. The minimum absolute atomic E-state index is 0.0467. The van der Waals surface area contributed by atoms with E-state index in [0.29, 0.717) is 5.82 Å². The zero-order chi connectivity index (χ0) is 39.5. The van der Waals surface area contributed by atoms with Gasteiger partial charge >= 0.3 is 0 Å². The highest BCUT2D eigenvalue weighted by atomic mass is 14.9. The summed E-state index contributed by atoms with van der Waals surface area (Å²) in [5.74, 6) is 0.709. The lowest BCUT2D eigenvalue weighted by molar-refractivity contribution is 0.661. The Hall–Kier alpha value is -7.42. The molecule has 1 aliphatic carbocycles. The Balaban J connectivity index is 0.972. The van der Waals surface area contributed by atoms with E-state index < -0.39 is 0 Å². The van der Waals surface area contributed by atoms with Crippen molar-refractivity contribution in [2.45, 2.75) is 19.3 Å². The summed E-state index contributed by atoms with van der Waals surface area (Å²) < 4.78 is 0. The van der Waals surface area contributed by atoms with Gasteiger partial charge in [-0.1, -0.05) is 208 Å². The van der Waals surface area contributed by atoms with Gasteiger partial charge in [-0.25, -0.2) is 9.97 Å². The van der Waals surface area contributed by atoms with Crippen LogP contribution in [-0.2, 0) is 5.41 Å². The van der Waals surface area contributed by atoms with Crippen molar-refractivity contribution in [3.8, 4) is 78.4 Å². The molecule has 10 aromatic rings. The second kappa shape index (κ2) is 13.9. The molecule has 0 aliphatic heterocycles. The second-order valence-corrected chi connectivity index (χ2v) is 16.1. The molecule has 0 saturated carbocycles. The first-order valence-corrected chi connectivity index (χ1v) is 20.4. The van der Waals surface area contributed by atoms with Crippen molar-refractivity contribution in [2.75, 3.05) is 0 Å². The Kier molecular flexibility index (Phi) is 8.20. The van der Waals surface area contributed by atoms with Crippen LogP contribution in [0.5, 0.6) is 0 Å². The number of nitrogens with zero attached hydrogens (tertiary/aromatic N) is 2. The molecule has 2 nitrogen and oxygen atoms in total. The van der Waals surface area contributed by atoms with Crippen molar-refractivity contribution in [3.05, 3.63) is 217 Å². The van der Waals surface area contributed by atoms with Crippen LogP contribution >= 0.6 is 0 Å². The molecular formula is C57H40N2. The van der Waals surface area contributed by atoms with Gasteiger partial charge in [-0.3, -0.25) is 0 Å². The smallest absolute Gasteiger partial charge is 0.160 e. The van der Waals surface area contributed by atoms with E-state index in [0.717, 1.165) is 33.5 Å². The molecule has 11 rings (SSSR count). The summed E-state index contributed by atoms with van der Waals surface area (Å²) in [6, 6.07) is 74.3. The summed E-state index contributed by atoms with van der Waals surface area (Å²) >= 11 is 0. The summed E-state index contributed by atoms with van der Waals surface area (Å²) in [7, 11) is 0. The lowest BCUT2D eigenvalue weighted by Crippen LogP contribution is -2.14. The normalized spacial score (nSPS) is 12.7. The van der Waals surface area contributed by atoms with Gasteiger partial charge in [0.15, 0.2) is 5.82 Å². The molecule has 1 aromatic heterocycles. The maximum Gasteiger partial charge on any atom is 0.160 e. The zero-order valence-electron chi connectivity index (χ0n) is 33.0. The summed E-state index contributed by atoms with van der Waals surface area (Å²) in [5, 5.41) is 4.96. The standard InChI is InChI=1S/C57H40N2/c1-57(2)51-33-30-44(35-50(51)55-46-18-10-9-15-40(46)29-34-52(55)57)39-21-25-41(26-22-39)45-31-32-49(48-20-12-11-19-47(45)48)54-36-53(58-56(59-54)43-16-7-4-8-17-43)42-27-23-38(24-28-42)37-13-5-3-6-14-37/h3-36H,1-2H3. The molecule has 0 unspecified atom stereocenters. The van der Waals surface area contributed by atoms with Crippen molar-refractivity contribution in [1.29, 1.82) is 0 Å². The van der Waals surface area contributed by atoms with Crippen molar-refractivity contribution in [1.82, 2.24) is 9.97 Å². The van der Waals surface area contributed by atoms with Gasteiger partial charge in [0.2, 0.25) is 0 Å². The van der Waals surface area contributed by atoms with Crippen molar-refractivity contribution in [2.24, 2.45) is 0 Å². The molecule has 1 aliphatic rings. The molecule has 0 bridgehead atoms. The maximum absolute atomic E-state index is 5.22. The number of rotatable bonds is 6. The highest BCUT2D eigenvalue weighted by molar-refractivity contribution is 6.05. The highest BCUT2D eigenvalue weighted by Gasteiger charge is 2.36. The van der Waals surface area contributed by atoms with Crippen LogP contribution in [0.3, 0.4) is 0 Å². The largest absolute Gasteiger partial charge is 0.228 e. The summed E-state index contributed by atoms with van der Waals surface area (Å²) in [6.45, 7) is 4.71. The Morgan fingerprint density at radius 2 is 0.831 bits per heavy atom. The number of fused-ring (bicyclic) bond motifs is 6. The molecule has 0 atom stereocenters. The van der Waals surface area contributed by atoms with Crippen LogP contribution in [0.2, 0.25) is 0 Å². The fourth-order valence-corrected chi connectivity index (χ4v) is 9.23. The van der Waals surface area contributed by atoms with Crippen LogP contribution in [0.4, 0.5) is 0 Å². The van der Waals surface area contributed by atoms with E-state index in [9.17, 15) is 0 Å². The third-order valence-electron chi connectivity index (χ3n) is 12.3. The average molecular weight is 753 g/mol. The van der Waals surface area contributed by atoms with E-state index in [2.05, 4.69) is 196 Å². The third-order valence-corrected chi connectivity index (χ3v) is 12.3. The first-order valence-electron chi connectivity index (χ1n) is 20.4. The Morgan fingerprint density at radius 1 is 0.322 bits per heavy atom.